The summed E-state index contributed by atoms with van der Waals surface area (Å²) in [4.78, 5) is 12.2. The van der Waals surface area contributed by atoms with Gasteiger partial charge in [-0.2, -0.15) is 0 Å². The number of amides is 1. The van der Waals surface area contributed by atoms with E-state index in [0.29, 0.717) is 17.2 Å². The van der Waals surface area contributed by atoms with Crippen molar-refractivity contribution in [1.29, 1.82) is 0 Å². The molecule has 0 saturated carbocycles. The Bertz CT molecular complexity index is 1070. The van der Waals surface area contributed by atoms with Crippen molar-refractivity contribution >= 4 is 11.6 Å². The third kappa shape index (κ3) is 5.79. The lowest BCUT2D eigenvalue weighted by molar-refractivity contribution is -0.118. The van der Waals surface area contributed by atoms with Gasteiger partial charge in [0.05, 0.1) is 0 Å². The maximum absolute atomic E-state index is 12.2. The molecule has 3 rings (SSSR count). The second-order valence-corrected chi connectivity index (χ2v) is 8.15. The molecule has 0 aromatic heterocycles. The quantitative estimate of drug-likeness (QED) is 0.476. The van der Waals surface area contributed by atoms with Gasteiger partial charge in [-0.25, -0.2) is 0 Å². The highest BCUT2D eigenvalue weighted by molar-refractivity contribution is 5.92. The number of hydrogen-bond donors (Lipinski definition) is 3. The lowest BCUT2D eigenvalue weighted by Gasteiger charge is -2.15. The minimum atomic E-state index is -0.296. The molecule has 0 atom stereocenters. The van der Waals surface area contributed by atoms with Gasteiger partial charge in [-0.1, -0.05) is 32.0 Å². The van der Waals surface area contributed by atoms with E-state index in [4.69, 9.17) is 4.74 Å². The minimum Gasteiger partial charge on any atom is -0.508 e. The summed E-state index contributed by atoms with van der Waals surface area (Å²) in [6.07, 6.45) is 0.760. The molecule has 5 heteroatoms. The van der Waals surface area contributed by atoms with E-state index in [9.17, 15) is 15.0 Å². The Morgan fingerprint density at radius 2 is 1.71 bits per heavy atom. The van der Waals surface area contributed by atoms with Gasteiger partial charge in [-0.05, 0) is 84.3 Å². The summed E-state index contributed by atoms with van der Waals surface area (Å²) < 4.78 is 5.70. The van der Waals surface area contributed by atoms with Crippen molar-refractivity contribution in [2.75, 3.05) is 11.9 Å². The smallest absolute Gasteiger partial charge is 0.262 e. The number of aryl methyl sites for hydroxylation is 2. The van der Waals surface area contributed by atoms with Crippen molar-refractivity contribution in [2.24, 2.45) is 0 Å². The number of ether oxygens (including phenoxy) is 1. The molecule has 162 valence electrons. The topological polar surface area (TPSA) is 78.8 Å². The van der Waals surface area contributed by atoms with Gasteiger partial charge in [0.2, 0.25) is 0 Å². The normalized spacial score (nSPS) is 10.9. The molecular weight excluding hydrogens is 390 g/mol. The standard InChI is InChI=1S/C26H29NO4/c1-16(2)23-12-19(8-9-25(23)29)13-24-17(3)10-22(11-18(24)4)31-15-26(30)27-20-6-5-7-21(28)14-20/h5-12,14,16,28-29H,13,15H2,1-4H3,(H,27,30). The van der Waals surface area contributed by atoms with Crippen LogP contribution < -0.4 is 10.1 Å². The van der Waals surface area contributed by atoms with E-state index >= 15 is 0 Å². The van der Waals surface area contributed by atoms with Gasteiger partial charge in [0.1, 0.15) is 17.2 Å². The maximum Gasteiger partial charge on any atom is 0.262 e. The number of hydrogen-bond acceptors (Lipinski definition) is 4. The van der Waals surface area contributed by atoms with E-state index in [2.05, 4.69) is 25.2 Å². The molecule has 0 radical (unpaired) electrons. The molecule has 3 aromatic carbocycles. The average Bonchev–Trinajstić information content (AvgIpc) is 2.70. The molecule has 0 unspecified atom stereocenters. The first-order chi connectivity index (χ1) is 14.7. The summed E-state index contributed by atoms with van der Waals surface area (Å²) in [6, 6.07) is 16.0. The minimum absolute atomic E-state index is 0.0923. The van der Waals surface area contributed by atoms with Crippen LogP contribution >= 0.6 is 0 Å². The largest absolute Gasteiger partial charge is 0.508 e. The fourth-order valence-electron chi connectivity index (χ4n) is 3.63. The Hall–Kier alpha value is -3.47. The highest BCUT2D eigenvalue weighted by Crippen LogP contribution is 2.29. The van der Waals surface area contributed by atoms with E-state index < -0.39 is 0 Å². The van der Waals surface area contributed by atoms with Crippen LogP contribution in [0.15, 0.2) is 54.6 Å². The van der Waals surface area contributed by atoms with Gasteiger partial charge in [-0.15, -0.1) is 0 Å². The van der Waals surface area contributed by atoms with Gasteiger partial charge in [0.15, 0.2) is 6.61 Å². The summed E-state index contributed by atoms with van der Waals surface area (Å²) in [7, 11) is 0. The predicted octanol–water partition coefficient (Wildman–Crippen LogP) is 5.45. The fraction of sp³-hybridized carbons (Fsp3) is 0.269. The van der Waals surface area contributed by atoms with E-state index in [1.807, 2.05) is 32.0 Å². The summed E-state index contributed by atoms with van der Waals surface area (Å²) in [6.45, 7) is 8.08. The molecule has 0 spiro atoms. The Labute approximate surface area is 183 Å². The first-order valence-electron chi connectivity index (χ1n) is 10.4. The first kappa shape index (κ1) is 22.2. The van der Waals surface area contributed by atoms with Crippen molar-refractivity contribution < 1.29 is 19.7 Å². The molecule has 0 aliphatic rings. The molecule has 0 bridgehead atoms. The average molecular weight is 420 g/mol. The number of phenolic OH excluding ortho intramolecular Hbond substituents is 2. The molecule has 0 fully saturated rings. The molecular formula is C26H29NO4. The zero-order chi connectivity index (χ0) is 22.5. The first-order valence-corrected chi connectivity index (χ1v) is 10.4. The van der Waals surface area contributed by atoms with E-state index in [1.165, 1.54) is 11.6 Å². The fourth-order valence-corrected chi connectivity index (χ4v) is 3.63. The van der Waals surface area contributed by atoms with Crippen molar-refractivity contribution in [2.45, 2.75) is 40.0 Å². The van der Waals surface area contributed by atoms with E-state index in [1.54, 1.807) is 24.3 Å². The molecule has 0 heterocycles. The van der Waals surface area contributed by atoms with Crippen molar-refractivity contribution in [3.8, 4) is 17.2 Å². The number of nitrogens with one attached hydrogen (secondary N) is 1. The van der Waals surface area contributed by atoms with Crippen LogP contribution in [0.25, 0.3) is 0 Å². The number of carbonyl (C=O) groups excluding carboxylic acids is 1. The summed E-state index contributed by atoms with van der Waals surface area (Å²) in [5, 5.41) is 22.3. The zero-order valence-electron chi connectivity index (χ0n) is 18.4. The molecule has 3 N–H and O–H groups in total. The third-order valence-electron chi connectivity index (χ3n) is 5.26. The number of carbonyl (C=O) groups is 1. The molecule has 1 amide bonds. The van der Waals surface area contributed by atoms with Crippen LogP contribution in [-0.4, -0.2) is 22.7 Å². The highest BCUT2D eigenvalue weighted by Gasteiger charge is 2.12. The van der Waals surface area contributed by atoms with Crippen LogP contribution in [0.2, 0.25) is 0 Å². The number of anilines is 1. The summed E-state index contributed by atoms with van der Waals surface area (Å²) >= 11 is 0. The van der Waals surface area contributed by atoms with Gasteiger partial charge >= 0.3 is 0 Å². The molecule has 0 aliphatic heterocycles. The van der Waals surface area contributed by atoms with Gasteiger partial charge < -0.3 is 20.3 Å². The summed E-state index contributed by atoms with van der Waals surface area (Å²) in [5.41, 5.74) is 5.99. The van der Waals surface area contributed by atoms with Crippen molar-refractivity contribution in [3.05, 3.63) is 82.4 Å². The van der Waals surface area contributed by atoms with Crippen LogP contribution in [0.4, 0.5) is 5.69 Å². The lowest BCUT2D eigenvalue weighted by Crippen LogP contribution is -2.20. The van der Waals surface area contributed by atoms with Gasteiger partial charge in [0.25, 0.3) is 5.91 Å². The Morgan fingerprint density at radius 3 is 2.35 bits per heavy atom. The SMILES string of the molecule is Cc1cc(OCC(=O)Nc2cccc(O)c2)cc(C)c1Cc1ccc(O)c(C(C)C)c1. The van der Waals surface area contributed by atoms with Crippen LogP contribution in [-0.2, 0) is 11.2 Å². The number of rotatable bonds is 7. The lowest BCUT2D eigenvalue weighted by atomic mass is 9.93. The van der Waals surface area contributed by atoms with Crippen LogP contribution in [0.1, 0.15) is 47.6 Å². The number of phenols is 2. The van der Waals surface area contributed by atoms with Crippen LogP contribution in [0, 0.1) is 13.8 Å². The molecule has 31 heavy (non-hydrogen) atoms. The second-order valence-electron chi connectivity index (χ2n) is 8.15. The van der Waals surface area contributed by atoms with E-state index in [-0.39, 0.29) is 24.2 Å². The van der Waals surface area contributed by atoms with E-state index in [0.717, 1.165) is 28.7 Å². The Morgan fingerprint density at radius 1 is 1.00 bits per heavy atom. The van der Waals surface area contributed by atoms with Crippen LogP contribution in [0.3, 0.4) is 0 Å². The molecule has 0 aliphatic carbocycles. The molecule has 0 saturated heterocycles. The third-order valence-corrected chi connectivity index (χ3v) is 5.26. The molecule has 5 nitrogen and oxygen atoms in total. The van der Waals surface area contributed by atoms with Crippen molar-refractivity contribution in [3.63, 3.8) is 0 Å². The predicted molar refractivity (Wildman–Crippen MR) is 123 cm³/mol. The maximum atomic E-state index is 12.2. The van der Waals surface area contributed by atoms with Gasteiger partial charge in [0, 0.05) is 11.8 Å². The number of aromatic hydroxyl groups is 2. The zero-order valence-corrected chi connectivity index (χ0v) is 18.4. The Balaban J connectivity index is 1.67. The molecule has 3 aromatic rings. The van der Waals surface area contributed by atoms with Crippen molar-refractivity contribution in [1.82, 2.24) is 0 Å². The highest BCUT2D eigenvalue weighted by atomic mass is 16.5. The monoisotopic (exact) mass is 419 g/mol. The number of benzene rings is 3. The Kier molecular flexibility index (Phi) is 6.85. The second kappa shape index (κ2) is 9.56. The summed E-state index contributed by atoms with van der Waals surface area (Å²) in [5.74, 6) is 1.02. The van der Waals surface area contributed by atoms with Gasteiger partial charge in [-0.3, -0.25) is 4.79 Å². The van der Waals surface area contributed by atoms with Crippen LogP contribution in [0.5, 0.6) is 17.2 Å².